The third-order valence-corrected chi connectivity index (χ3v) is 3.72. The predicted octanol–water partition coefficient (Wildman–Crippen LogP) is 2.24. The van der Waals surface area contributed by atoms with Crippen LogP contribution in [0.25, 0.3) is 11.3 Å². The number of aryl methyl sites for hydroxylation is 1. The zero-order valence-electron chi connectivity index (χ0n) is 9.81. The van der Waals surface area contributed by atoms with Crippen molar-refractivity contribution in [1.82, 2.24) is 9.55 Å². The van der Waals surface area contributed by atoms with Crippen molar-refractivity contribution in [1.29, 1.82) is 0 Å². The van der Waals surface area contributed by atoms with E-state index in [4.69, 9.17) is 4.74 Å². The van der Waals surface area contributed by atoms with Gasteiger partial charge in [0.15, 0.2) is 0 Å². The van der Waals surface area contributed by atoms with E-state index in [9.17, 15) is 4.79 Å². The molecule has 18 heavy (non-hydrogen) atoms. The number of hydrogen-bond donors (Lipinski definition) is 0. The summed E-state index contributed by atoms with van der Waals surface area (Å²) in [4.78, 5) is 16.3. The maximum atomic E-state index is 12.2. The van der Waals surface area contributed by atoms with Crippen molar-refractivity contribution in [3.63, 3.8) is 0 Å². The van der Waals surface area contributed by atoms with Gasteiger partial charge >= 0.3 is 5.56 Å². The topological polar surface area (TPSA) is 44.1 Å². The fourth-order valence-electron chi connectivity index (χ4n) is 2.32. The van der Waals surface area contributed by atoms with Crippen LogP contribution in [0.3, 0.4) is 0 Å². The van der Waals surface area contributed by atoms with E-state index in [1.54, 1.807) is 4.57 Å². The summed E-state index contributed by atoms with van der Waals surface area (Å²) in [7, 11) is 1.46. The van der Waals surface area contributed by atoms with Gasteiger partial charge in [0.25, 0.3) is 5.88 Å². The molecule has 0 spiro atoms. The average Bonchev–Trinajstić information content (AvgIpc) is 2.41. The number of fused-ring (bicyclic) bond motifs is 3. The van der Waals surface area contributed by atoms with Crippen LogP contribution in [0, 0.1) is 0 Å². The molecule has 2 aromatic rings. The number of hydrogen-bond acceptors (Lipinski definition) is 3. The van der Waals surface area contributed by atoms with E-state index in [2.05, 4.69) is 27.0 Å². The van der Waals surface area contributed by atoms with Gasteiger partial charge in [-0.1, -0.05) is 24.3 Å². The van der Waals surface area contributed by atoms with Crippen LogP contribution in [-0.4, -0.2) is 16.7 Å². The summed E-state index contributed by atoms with van der Waals surface area (Å²) in [6.45, 7) is 0.655. The lowest BCUT2D eigenvalue weighted by atomic mass is 9.98. The minimum absolute atomic E-state index is 0.130. The number of ether oxygens (including phenoxy) is 1. The maximum Gasteiger partial charge on any atom is 0.313 e. The second-order valence-electron chi connectivity index (χ2n) is 4.12. The van der Waals surface area contributed by atoms with Crippen molar-refractivity contribution in [2.45, 2.75) is 13.0 Å². The fraction of sp³-hybridized carbons (Fsp3) is 0.231. The van der Waals surface area contributed by atoms with Crippen molar-refractivity contribution in [3.8, 4) is 17.1 Å². The molecule has 1 aromatic carbocycles. The van der Waals surface area contributed by atoms with Gasteiger partial charge in [-0.15, -0.1) is 0 Å². The van der Waals surface area contributed by atoms with E-state index in [0.717, 1.165) is 17.7 Å². The molecule has 1 aromatic heterocycles. The molecule has 0 saturated heterocycles. The van der Waals surface area contributed by atoms with Gasteiger partial charge in [0.2, 0.25) is 0 Å². The highest BCUT2D eigenvalue weighted by Gasteiger charge is 2.22. The second-order valence-corrected chi connectivity index (χ2v) is 4.88. The van der Waals surface area contributed by atoms with Gasteiger partial charge in [-0.2, -0.15) is 4.98 Å². The molecule has 3 rings (SSSR count). The summed E-state index contributed by atoms with van der Waals surface area (Å²) in [6.07, 6.45) is 0.850. The van der Waals surface area contributed by atoms with E-state index in [0.29, 0.717) is 11.1 Å². The molecule has 0 saturated carbocycles. The van der Waals surface area contributed by atoms with Crippen molar-refractivity contribution in [3.05, 3.63) is 44.8 Å². The highest BCUT2D eigenvalue weighted by Crippen LogP contribution is 2.33. The van der Waals surface area contributed by atoms with Crippen LogP contribution in [0.4, 0.5) is 0 Å². The first-order valence-corrected chi connectivity index (χ1v) is 6.44. The van der Waals surface area contributed by atoms with E-state index in [1.165, 1.54) is 12.7 Å². The van der Waals surface area contributed by atoms with Gasteiger partial charge in [0.05, 0.1) is 12.8 Å². The number of benzene rings is 1. The molecule has 0 bridgehead atoms. The Morgan fingerprint density at radius 2 is 2.17 bits per heavy atom. The Labute approximate surface area is 112 Å². The zero-order valence-corrected chi connectivity index (χ0v) is 11.4. The van der Waals surface area contributed by atoms with Crippen LogP contribution in [0.1, 0.15) is 5.56 Å². The highest BCUT2D eigenvalue weighted by molar-refractivity contribution is 9.10. The molecule has 1 aliphatic rings. The normalized spacial score (nSPS) is 12.8. The molecule has 92 valence electrons. The molecule has 0 unspecified atom stereocenters. The summed E-state index contributed by atoms with van der Waals surface area (Å²) in [5.74, 6) is 0.130. The standard InChI is InChI=1S/C13H11BrN2O2/c1-18-12-13(17)16-7-6-8-4-2-3-5-9(8)10(16)11(14)15-12/h2-5H,6-7H2,1H3. The summed E-state index contributed by atoms with van der Waals surface area (Å²) >= 11 is 3.43. The molecular formula is C13H11BrN2O2. The molecule has 0 radical (unpaired) electrons. The first-order valence-electron chi connectivity index (χ1n) is 5.65. The SMILES string of the molecule is COc1nc(Br)c2n(c1=O)CCc1ccccc1-2. The van der Waals surface area contributed by atoms with Gasteiger partial charge in [-0.05, 0) is 27.9 Å². The Balaban J connectivity index is 2.36. The summed E-state index contributed by atoms with van der Waals surface area (Å²) < 4.78 is 7.37. The Kier molecular flexibility index (Phi) is 2.70. The van der Waals surface area contributed by atoms with Crippen LogP contribution < -0.4 is 10.3 Å². The van der Waals surface area contributed by atoms with Crippen LogP contribution in [0.15, 0.2) is 33.7 Å². The first-order chi connectivity index (χ1) is 8.72. The highest BCUT2D eigenvalue weighted by atomic mass is 79.9. The van der Waals surface area contributed by atoms with Crippen molar-refractivity contribution in [2.75, 3.05) is 7.11 Å². The molecular weight excluding hydrogens is 296 g/mol. The number of nitrogens with zero attached hydrogens (tertiary/aromatic N) is 2. The number of halogens is 1. The molecule has 0 atom stereocenters. The van der Waals surface area contributed by atoms with Gasteiger partial charge in [0.1, 0.15) is 4.60 Å². The van der Waals surface area contributed by atoms with Crippen LogP contribution in [0.2, 0.25) is 0 Å². The van der Waals surface area contributed by atoms with E-state index < -0.39 is 0 Å². The molecule has 1 aliphatic heterocycles. The lowest BCUT2D eigenvalue weighted by Crippen LogP contribution is -2.28. The Morgan fingerprint density at radius 1 is 1.39 bits per heavy atom. The summed E-state index contributed by atoms with van der Waals surface area (Å²) in [5.41, 5.74) is 2.96. The Morgan fingerprint density at radius 3 is 2.94 bits per heavy atom. The quantitative estimate of drug-likeness (QED) is 0.811. The number of methoxy groups -OCH3 is 1. The average molecular weight is 307 g/mol. The minimum Gasteiger partial charge on any atom is -0.477 e. The molecule has 0 fully saturated rings. The molecule has 0 aliphatic carbocycles. The molecule has 5 heteroatoms. The van der Waals surface area contributed by atoms with Gasteiger partial charge in [-0.3, -0.25) is 4.79 Å². The third-order valence-electron chi connectivity index (χ3n) is 3.16. The Hall–Kier alpha value is -1.62. The molecule has 0 amide bonds. The monoisotopic (exact) mass is 306 g/mol. The largest absolute Gasteiger partial charge is 0.477 e. The summed E-state index contributed by atoms with van der Waals surface area (Å²) in [5, 5.41) is 0. The van der Waals surface area contributed by atoms with Crippen LogP contribution in [0.5, 0.6) is 5.88 Å². The van der Waals surface area contributed by atoms with Crippen LogP contribution >= 0.6 is 15.9 Å². The van der Waals surface area contributed by atoms with E-state index >= 15 is 0 Å². The van der Waals surface area contributed by atoms with Crippen molar-refractivity contribution >= 4 is 15.9 Å². The maximum absolute atomic E-state index is 12.2. The molecule has 0 N–H and O–H groups in total. The second kappa shape index (κ2) is 4.24. The fourth-order valence-corrected chi connectivity index (χ4v) is 2.91. The zero-order chi connectivity index (χ0) is 12.7. The van der Waals surface area contributed by atoms with Crippen molar-refractivity contribution < 1.29 is 4.74 Å². The summed E-state index contributed by atoms with van der Waals surface area (Å²) in [6, 6.07) is 8.08. The van der Waals surface area contributed by atoms with E-state index in [1.807, 2.05) is 18.2 Å². The first kappa shape index (κ1) is 11.5. The van der Waals surface area contributed by atoms with Crippen molar-refractivity contribution in [2.24, 2.45) is 0 Å². The lowest BCUT2D eigenvalue weighted by Gasteiger charge is -2.22. The number of rotatable bonds is 1. The minimum atomic E-state index is -0.176. The van der Waals surface area contributed by atoms with Gasteiger partial charge in [0, 0.05) is 12.1 Å². The third kappa shape index (κ3) is 1.58. The lowest BCUT2D eigenvalue weighted by molar-refractivity contribution is 0.383. The van der Waals surface area contributed by atoms with Gasteiger partial charge < -0.3 is 9.30 Å². The Bertz CT molecular complexity index is 679. The molecule has 4 nitrogen and oxygen atoms in total. The predicted molar refractivity (Wildman–Crippen MR) is 71.9 cm³/mol. The van der Waals surface area contributed by atoms with Crippen LogP contribution in [-0.2, 0) is 13.0 Å². The van der Waals surface area contributed by atoms with Gasteiger partial charge in [-0.25, -0.2) is 0 Å². The molecule has 2 heterocycles. The van der Waals surface area contributed by atoms with E-state index in [-0.39, 0.29) is 11.4 Å². The number of aromatic nitrogens is 2. The smallest absolute Gasteiger partial charge is 0.313 e.